The van der Waals surface area contributed by atoms with E-state index in [4.69, 9.17) is 4.74 Å². The summed E-state index contributed by atoms with van der Waals surface area (Å²) in [5, 5.41) is 2.89. The first-order chi connectivity index (χ1) is 11.8. The molecule has 1 aromatic carbocycles. The maximum atomic E-state index is 12.1. The Hall–Kier alpha value is -3.21. The summed E-state index contributed by atoms with van der Waals surface area (Å²) in [6.45, 7) is 0. The Bertz CT molecular complexity index is 792. The Kier molecular flexibility index (Phi) is 5.14. The van der Waals surface area contributed by atoms with Crippen LogP contribution in [-0.2, 0) is 11.2 Å². The van der Waals surface area contributed by atoms with Gasteiger partial charge in [0.25, 0.3) is 0 Å². The van der Waals surface area contributed by atoms with Gasteiger partial charge in [-0.15, -0.1) is 0 Å². The molecule has 24 heavy (non-hydrogen) atoms. The highest BCUT2D eigenvalue weighted by molar-refractivity contribution is 5.91. The zero-order valence-corrected chi connectivity index (χ0v) is 13.1. The Balaban J connectivity index is 1.57. The Morgan fingerprint density at radius 1 is 0.958 bits per heavy atom. The molecule has 120 valence electrons. The highest BCUT2D eigenvalue weighted by atomic mass is 16.5. The predicted molar refractivity (Wildman–Crippen MR) is 91.9 cm³/mol. The number of anilines is 1. The summed E-state index contributed by atoms with van der Waals surface area (Å²) in [6.07, 6.45) is 7.89. The molecule has 0 atom stereocenters. The minimum Gasteiger partial charge on any atom is -0.457 e. The zero-order chi connectivity index (χ0) is 16.6. The van der Waals surface area contributed by atoms with Gasteiger partial charge in [-0.2, -0.15) is 0 Å². The summed E-state index contributed by atoms with van der Waals surface area (Å²) in [4.78, 5) is 20.1. The number of aromatic nitrogens is 2. The normalized spacial score (nSPS) is 10.2. The third kappa shape index (κ3) is 4.64. The second kappa shape index (κ2) is 7.87. The third-order valence-corrected chi connectivity index (χ3v) is 3.37. The summed E-state index contributed by atoms with van der Waals surface area (Å²) in [5.41, 5.74) is 1.75. The topological polar surface area (TPSA) is 64.1 Å². The van der Waals surface area contributed by atoms with Crippen LogP contribution in [-0.4, -0.2) is 15.9 Å². The molecule has 0 aliphatic heterocycles. The van der Waals surface area contributed by atoms with Gasteiger partial charge in [-0.3, -0.25) is 14.8 Å². The van der Waals surface area contributed by atoms with E-state index in [-0.39, 0.29) is 5.91 Å². The largest absolute Gasteiger partial charge is 0.457 e. The van der Waals surface area contributed by atoms with Gasteiger partial charge in [0.2, 0.25) is 5.91 Å². The number of carbonyl (C=O) groups is 1. The van der Waals surface area contributed by atoms with Crippen molar-refractivity contribution in [3.05, 3.63) is 78.9 Å². The molecule has 2 aromatic heterocycles. The number of nitrogens with one attached hydrogen (secondary N) is 1. The Labute approximate surface area is 140 Å². The SMILES string of the molecule is O=C(CCc1cccnc1)Nc1cccc(Oc2ccncc2)c1. The van der Waals surface area contributed by atoms with E-state index in [1.54, 1.807) is 43.0 Å². The van der Waals surface area contributed by atoms with Crippen molar-refractivity contribution in [1.82, 2.24) is 9.97 Å². The van der Waals surface area contributed by atoms with Gasteiger partial charge in [0.05, 0.1) is 0 Å². The molecule has 3 rings (SSSR count). The number of aryl methyl sites for hydroxylation is 1. The fourth-order valence-electron chi connectivity index (χ4n) is 2.21. The van der Waals surface area contributed by atoms with Crippen molar-refractivity contribution in [1.29, 1.82) is 0 Å². The van der Waals surface area contributed by atoms with E-state index in [1.165, 1.54) is 0 Å². The minimum absolute atomic E-state index is 0.0417. The summed E-state index contributed by atoms with van der Waals surface area (Å²) in [6, 6.07) is 14.7. The average molecular weight is 319 g/mol. The molecule has 0 aliphatic carbocycles. The van der Waals surface area contributed by atoms with E-state index in [2.05, 4.69) is 15.3 Å². The molecule has 0 fully saturated rings. The monoisotopic (exact) mass is 319 g/mol. The molecule has 0 unspecified atom stereocenters. The van der Waals surface area contributed by atoms with E-state index in [1.807, 2.05) is 30.3 Å². The quantitative estimate of drug-likeness (QED) is 0.750. The van der Waals surface area contributed by atoms with Gasteiger partial charge >= 0.3 is 0 Å². The number of amides is 1. The van der Waals surface area contributed by atoms with E-state index < -0.39 is 0 Å². The highest BCUT2D eigenvalue weighted by Gasteiger charge is 2.05. The number of hydrogen-bond acceptors (Lipinski definition) is 4. The van der Waals surface area contributed by atoms with Crippen LogP contribution in [0.25, 0.3) is 0 Å². The number of rotatable bonds is 6. The van der Waals surface area contributed by atoms with Crippen LogP contribution in [0, 0.1) is 0 Å². The molecule has 5 nitrogen and oxygen atoms in total. The van der Waals surface area contributed by atoms with Crippen molar-refractivity contribution in [3.8, 4) is 11.5 Å². The van der Waals surface area contributed by atoms with Crippen molar-refractivity contribution in [2.24, 2.45) is 0 Å². The van der Waals surface area contributed by atoms with Crippen LogP contribution in [0.15, 0.2) is 73.3 Å². The Morgan fingerprint density at radius 3 is 2.62 bits per heavy atom. The van der Waals surface area contributed by atoms with Crippen molar-refractivity contribution >= 4 is 11.6 Å². The molecule has 1 amide bonds. The molecule has 0 bridgehead atoms. The lowest BCUT2D eigenvalue weighted by Gasteiger charge is -2.09. The average Bonchev–Trinajstić information content (AvgIpc) is 2.62. The number of benzene rings is 1. The molecule has 0 saturated heterocycles. The lowest BCUT2D eigenvalue weighted by molar-refractivity contribution is -0.116. The van der Waals surface area contributed by atoms with Gasteiger partial charge in [0, 0.05) is 43.0 Å². The second-order valence-electron chi connectivity index (χ2n) is 5.22. The number of hydrogen-bond donors (Lipinski definition) is 1. The van der Waals surface area contributed by atoms with Crippen molar-refractivity contribution in [2.75, 3.05) is 5.32 Å². The van der Waals surface area contributed by atoms with Crippen molar-refractivity contribution < 1.29 is 9.53 Å². The fraction of sp³-hybridized carbons (Fsp3) is 0.105. The number of carbonyl (C=O) groups excluding carboxylic acids is 1. The highest BCUT2D eigenvalue weighted by Crippen LogP contribution is 2.23. The van der Waals surface area contributed by atoms with Gasteiger partial charge < -0.3 is 10.1 Å². The molecule has 0 radical (unpaired) electrons. The molecular formula is C19H17N3O2. The first kappa shape index (κ1) is 15.7. The maximum absolute atomic E-state index is 12.1. The molecule has 1 N–H and O–H groups in total. The standard InChI is InChI=1S/C19H17N3O2/c23-19(7-6-15-3-2-10-21-14-15)22-16-4-1-5-18(13-16)24-17-8-11-20-12-9-17/h1-5,8-14H,6-7H2,(H,22,23). The molecular weight excluding hydrogens is 302 g/mol. The van der Waals surface area contributed by atoms with Crippen molar-refractivity contribution in [3.63, 3.8) is 0 Å². The van der Waals surface area contributed by atoms with Crippen LogP contribution in [0.1, 0.15) is 12.0 Å². The van der Waals surface area contributed by atoms with Gasteiger partial charge in [0.1, 0.15) is 11.5 Å². The van der Waals surface area contributed by atoms with Crippen LogP contribution < -0.4 is 10.1 Å². The summed E-state index contributed by atoms with van der Waals surface area (Å²) in [7, 11) is 0. The molecule has 0 spiro atoms. The van der Waals surface area contributed by atoms with E-state index in [9.17, 15) is 4.79 Å². The summed E-state index contributed by atoms with van der Waals surface area (Å²) >= 11 is 0. The van der Waals surface area contributed by atoms with Crippen LogP contribution in [0.3, 0.4) is 0 Å². The third-order valence-electron chi connectivity index (χ3n) is 3.37. The molecule has 2 heterocycles. The second-order valence-corrected chi connectivity index (χ2v) is 5.22. The summed E-state index contributed by atoms with van der Waals surface area (Å²) in [5.74, 6) is 1.32. The molecule has 0 aliphatic rings. The van der Waals surface area contributed by atoms with Crippen LogP contribution in [0.5, 0.6) is 11.5 Å². The fourth-order valence-corrected chi connectivity index (χ4v) is 2.21. The van der Waals surface area contributed by atoms with Gasteiger partial charge in [-0.1, -0.05) is 12.1 Å². The lowest BCUT2D eigenvalue weighted by atomic mass is 10.1. The lowest BCUT2D eigenvalue weighted by Crippen LogP contribution is -2.12. The first-order valence-electron chi connectivity index (χ1n) is 7.66. The van der Waals surface area contributed by atoms with E-state index in [0.717, 1.165) is 5.56 Å². The van der Waals surface area contributed by atoms with Gasteiger partial charge in [0.15, 0.2) is 0 Å². The molecule has 3 aromatic rings. The van der Waals surface area contributed by atoms with Crippen LogP contribution >= 0.6 is 0 Å². The van der Waals surface area contributed by atoms with E-state index >= 15 is 0 Å². The first-order valence-corrected chi connectivity index (χ1v) is 7.66. The predicted octanol–water partition coefficient (Wildman–Crippen LogP) is 3.84. The van der Waals surface area contributed by atoms with Crippen LogP contribution in [0.4, 0.5) is 5.69 Å². The van der Waals surface area contributed by atoms with E-state index in [0.29, 0.717) is 30.0 Å². The van der Waals surface area contributed by atoms with Crippen molar-refractivity contribution in [2.45, 2.75) is 12.8 Å². The molecule has 5 heteroatoms. The number of ether oxygens (including phenoxy) is 1. The maximum Gasteiger partial charge on any atom is 0.224 e. The Morgan fingerprint density at radius 2 is 1.83 bits per heavy atom. The van der Waals surface area contributed by atoms with Crippen LogP contribution in [0.2, 0.25) is 0 Å². The minimum atomic E-state index is -0.0417. The molecule has 0 saturated carbocycles. The summed E-state index contributed by atoms with van der Waals surface area (Å²) < 4.78 is 5.73. The van der Waals surface area contributed by atoms with Gasteiger partial charge in [-0.05, 0) is 42.3 Å². The number of nitrogens with zero attached hydrogens (tertiary/aromatic N) is 2. The smallest absolute Gasteiger partial charge is 0.224 e. The zero-order valence-electron chi connectivity index (χ0n) is 13.1. The number of pyridine rings is 2. The van der Waals surface area contributed by atoms with Gasteiger partial charge in [-0.25, -0.2) is 0 Å².